The summed E-state index contributed by atoms with van der Waals surface area (Å²) in [5.74, 6) is -0.309. The number of carbonyl (C=O) groups excluding carboxylic acids is 2. The van der Waals surface area contributed by atoms with E-state index in [1.807, 2.05) is 0 Å². The number of nitrogens with two attached hydrogens (primary N) is 1. The number of ether oxygens (including phenoxy) is 2. The molecule has 0 saturated carbocycles. The van der Waals surface area contributed by atoms with E-state index >= 15 is 0 Å². The van der Waals surface area contributed by atoms with Gasteiger partial charge in [-0.3, -0.25) is 9.59 Å². The van der Waals surface area contributed by atoms with E-state index in [0.29, 0.717) is 12.9 Å². The Labute approximate surface area is 70.8 Å². The van der Waals surface area contributed by atoms with Crippen molar-refractivity contribution in [2.45, 2.75) is 18.9 Å². The second-order valence-electron chi connectivity index (χ2n) is 2.30. The third-order valence-corrected chi connectivity index (χ3v) is 1.33. The summed E-state index contributed by atoms with van der Waals surface area (Å²) in [5, 5.41) is 0. The Morgan fingerprint density at radius 2 is 2.33 bits per heavy atom. The van der Waals surface area contributed by atoms with Crippen LogP contribution in [-0.2, 0) is 19.1 Å². The number of carbonyl (C=O) groups is 2. The molecule has 0 aliphatic carbocycles. The van der Waals surface area contributed by atoms with Crippen molar-refractivity contribution in [2.75, 3.05) is 13.7 Å². The van der Waals surface area contributed by atoms with Gasteiger partial charge in [-0.15, -0.1) is 0 Å². The minimum Gasteiger partial charge on any atom is -0.469 e. The van der Waals surface area contributed by atoms with Crippen LogP contribution in [0.3, 0.4) is 0 Å². The molecule has 0 fully saturated rings. The van der Waals surface area contributed by atoms with Crippen molar-refractivity contribution in [1.29, 1.82) is 0 Å². The van der Waals surface area contributed by atoms with Crippen molar-refractivity contribution in [1.82, 2.24) is 0 Å². The van der Waals surface area contributed by atoms with E-state index in [2.05, 4.69) is 9.47 Å². The van der Waals surface area contributed by atoms with Crippen LogP contribution >= 0.6 is 0 Å². The normalized spacial score (nSPS) is 11.8. The summed E-state index contributed by atoms with van der Waals surface area (Å²) in [6, 6.07) is -0.297. The van der Waals surface area contributed by atoms with E-state index in [0.717, 1.165) is 0 Å². The van der Waals surface area contributed by atoms with Crippen LogP contribution < -0.4 is 5.73 Å². The predicted molar refractivity (Wildman–Crippen MR) is 41.2 cm³/mol. The monoisotopic (exact) mass is 175 g/mol. The number of esters is 1. The van der Waals surface area contributed by atoms with Gasteiger partial charge in [-0.05, 0) is 6.42 Å². The number of rotatable bonds is 6. The van der Waals surface area contributed by atoms with Crippen molar-refractivity contribution in [2.24, 2.45) is 5.73 Å². The van der Waals surface area contributed by atoms with Crippen LogP contribution in [0.15, 0.2) is 0 Å². The minimum absolute atomic E-state index is 0.139. The van der Waals surface area contributed by atoms with Crippen molar-refractivity contribution in [3.05, 3.63) is 0 Å². The summed E-state index contributed by atoms with van der Waals surface area (Å²) in [4.78, 5) is 20.3. The summed E-state index contributed by atoms with van der Waals surface area (Å²) < 4.78 is 8.80. The van der Waals surface area contributed by atoms with Crippen LogP contribution in [0.25, 0.3) is 0 Å². The molecule has 12 heavy (non-hydrogen) atoms. The van der Waals surface area contributed by atoms with Crippen LogP contribution in [0.5, 0.6) is 0 Å². The fraction of sp³-hybridized carbons (Fsp3) is 0.714. The first-order valence-electron chi connectivity index (χ1n) is 3.58. The lowest BCUT2D eigenvalue weighted by molar-refractivity contribution is -0.140. The molecule has 1 unspecified atom stereocenters. The molecule has 5 heteroatoms. The summed E-state index contributed by atoms with van der Waals surface area (Å²) in [6.45, 7) is 0.471. The Balaban J connectivity index is 3.36. The highest BCUT2D eigenvalue weighted by atomic mass is 16.5. The first kappa shape index (κ1) is 10.9. The first-order valence-corrected chi connectivity index (χ1v) is 3.58. The Morgan fingerprint density at radius 1 is 1.67 bits per heavy atom. The van der Waals surface area contributed by atoms with E-state index < -0.39 is 0 Å². The second kappa shape index (κ2) is 6.60. The standard InChI is InChI=1S/C7H13NO4/c1-11-7(10)3-2-6(8)4-12-5-9/h5-6H,2-4,8H2,1H3. The molecule has 0 rings (SSSR count). The van der Waals surface area contributed by atoms with Gasteiger partial charge < -0.3 is 15.2 Å². The molecule has 0 amide bonds. The minimum atomic E-state index is -0.309. The van der Waals surface area contributed by atoms with Gasteiger partial charge in [0.1, 0.15) is 6.61 Å². The summed E-state index contributed by atoms with van der Waals surface area (Å²) in [6.07, 6.45) is 0.709. The highest BCUT2D eigenvalue weighted by molar-refractivity contribution is 5.69. The summed E-state index contributed by atoms with van der Waals surface area (Å²) in [5.41, 5.74) is 5.47. The van der Waals surface area contributed by atoms with Crippen molar-refractivity contribution in [3.8, 4) is 0 Å². The van der Waals surface area contributed by atoms with Crippen molar-refractivity contribution >= 4 is 12.4 Å². The third kappa shape index (κ3) is 5.67. The van der Waals surface area contributed by atoms with Crippen LogP contribution in [0.1, 0.15) is 12.8 Å². The Morgan fingerprint density at radius 3 is 2.83 bits per heavy atom. The molecular weight excluding hydrogens is 162 g/mol. The first-order chi connectivity index (χ1) is 5.70. The molecule has 5 nitrogen and oxygen atoms in total. The van der Waals surface area contributed by atoms with E-state index in [9.17, 15) is 9.59 Å². The smallest absolute Gasteiger partial charge is 0.305 e. The van der Waals surface area contributed by atoms with Gasteiger partial charge in [0.05, 0.1) is 7.11 Å². The van der Waals surface area contributed by atoms with Gasteiger partial charge in [0.25, 0.3) is 6.47 Å². The maximum Gasteiger partial charge on any atom is 0.305 e. The Bertz CT molecular complexity index is 148. The number of methoxy groups -OCH3 is 1. The average Bonchev–Trinajstić information content (AvgIpc) is 2.10. The average molecular weight is 175 g/mol. The van der Waals surface area contributed by atoms with E-state index in [-0.39, 0.29) is 25.0 Å². The largest absolute Gasteiger partial charge is 0.469 e. The zero-order valence-corrected chi connectivity index (χ0v) is 6.99. The van der Waals surface area contributed by atoms with E-state index in [4.69, 9.17) is 5.73 Å². The molecule has 1 atom stereocenters. The van der Waals surface area contributed by atoms with Gasteiger partial charge >= 0.3 is 5.97 Å². The van der Waals surface area contributed by atoms with Gasteiger partial charge in [0.15, 0.2) is 0 Å². The maximum atomic E-state index is 10.6. The molecule has 0 radical (unpaired) electrons. The van der Waals surface area contributed by atoms with Crippen LogP contribution in [-0.4, -0.2) is 32.2 Å². The highest BCUT2D eigenvalue weighted by Crippen LogP contribution is 1.96. The molecule has 2 N–H and O–H groups in total. The second-order valence-corrected chi connectivity index (χ2v) is 2.30. The lowest BCUT2D eigenvalue weighted by Gasteiger charge is -2.08. The lowest BCUT2D eigenvalue weighted by atomic mass is 10.2. The van der Waals surface area contributed by atoms with E-state index in [1.54, 1.807) is 0 Å². The molecule has 0 heterocycles. The van der Waals surface area contributed by atoms with Crippen LogP contribution in [0, 0.1) is 0 Å². The van der Waals surface area contributed by atoms with Gasteiger partial charge in [-0.2, -0.15) is 0 Å². The molecule has 0 aromatic carbocycles. The zero-order valence-electron chi connectivity index (χ0n) is 6.99. The van der Waals surface area contributed by atoms with E-state index in [1.165, 1.54) is 7.11 Å². The molecule has 70 valence electrons. The molecule has 0 spiro atoms. The SMILES string of the molecule is COC(=O)CCC(N)COC=O. The van der Waals surface area contributed by atoms with Gasteiger partial charge in [-0.25, -0.2) is 0 Å². The lowest BCUT2D eigenvalue weighted by Crippen LogP contribution is -2.26. The molecule has 0 aromatic rings. The Kier molecular flexibility index (Phi) is 6.00. The van der Waals surface area contributed by atoms with Gasteiger partial charge in [-0.1, -0.05) is 0 Å². The van der Waals surface area contributed by atoms with Crippen LogP contribution in [0.2, 0.25) is 0 Å². The summed E-state index contributed by atoms with van der Waals surface area (Å²) >= 11 is 0. The van der Waals surface area contributed by atoms with Crippen molar-refractivity contribution < 1.29 is 19.1 Å². The Hall–Kier alpha value is -1.10. The quantitative estimate of drug-likeness (QED) is 0.432. The molecule has 0 aromatic heterocycles. The fourth-order valence-corrected chi connectivity index (χ4v) is 0.652. The predicted octanol–water partition coefficient (Wildman–Crippen LogP) is -0.560. The number of hydrogen-bond donors (Lipinski definition) is 1. The fourth-order valence-electron chi connectivity index (χ4n) is 0.652. The third-order valence-electron chi connectivity index (χ3n) is 1.33. The molecule has 0 bridgehead atoms. The zero-order chi connectivity index (χ0) is 9.40. The van der Waals surface area contributed by atoms with Crippen molar-refractivity contribution in [3.63, 3.8) is 0 Å². The topological polar surface area (TPSA) is 78.6 Å². The molecular formula is C7H13NO4. The molecule has 0 saturated heterocycles. The maximum absolute atomic E-state index is 10.6. The number of hydrogen-bond acceptors (Lipinski definition) is 5. The summed E-state index contributed by atoms with van der Waals surface area (Å²) in [7, 11) is 1.32. The molecule has 0 aliphatic heterocycles. The van der Waals surface area contributed by atoms with Crippen LogP contribution in [0.4, 0.5) is 0 Å². The highest BCUT2D eigenvalue weighted by Gasteiger charge is 2.06. The molecule has 0 aliphatic rings. The van der Waals surface area contributed by atoms with Gasteiger partial charge in [0.2, 0.25) is 0 Å². The van der Waals surface area contributed by atoms with Gasteiger partial charge in [0, 0.05) is 12.5 Å².